The van der Waals surface area contributed by atoms with Crippen molar-refractivity contribution < 1.29 is 31.1 Å². The van der Waals surface area contributed by atoms with Crippen LogP contribution in [-0.2, 0) is 29.6 Å². The average Bonchev–Trinajstić information content (AvgIpc) is 2.75. The van der Waals surface area contributed by atoms with E-state index in [2.05, 4.69) is 5.32 Å². The summed E-state index contributed by atoms with van der Waals surface area (Å²) in [6, 6.07) is 4.50. The number of rotatable bonds is 7. The smallest absolute Gasteiger partial charge is 0.246 e. The van der Waals surface area contributed by atoms with E-state index in [1.165, 1.54) is 20.7 Å². The van der Waals surface area contributed by atoms with E-state index in [4.69, 9.17) is 9.47 Å². The summed E-state index contributed by atoms with van der Waals surface area (Å²) in [5.74, 6) is -0.630. The van der Waals surface area contributed by atoms with Crippen LogP contribution in [0.2, 0.25) is 0 Å². The number of piperidine rings is 1. The third-order valence-electron chi connectivity index (χ3n) is 5.32. The fourth-order valence-corrected chi connectivity index (χ4v) is 6.17. The zero-order valence-electron chi connectivity index (χ0n) is 17.7. The second-order valence-corrected chi connectivity index (χ2v) is 11.4. The molecule has 2 heterocycles. The normalized spacial score (nSPS) is 21.5. The van der Waals surface area contributed by atoms with Gasteiger partial charge in [0.1, 0.15) is 10.6 Å². The van der Waals surface area contributed by atoms with Gasteiger partial charge in [-0.3, -0.25) is 4.79 Å². The summed E-state index contributed by atoms with van der Waals surface area (Å²) in [7, 11) is -7.21. The van der Waals surface area contributed by atoms with Crippen molar-refractivity contribution in [2.24, 2.45) is 5.92 Å². The molecule has 2 fully saturated rings. The summed E-state index contributed by atoms with van der Waals surface area (Å²) in [6.07, 6.45) is 2.28. The van der Waals surface area contributed by atoms with Crippen molar-refractivity contribution in [2.75, 3.05) is 57.6 Å². The van der Waals surface area contributed by atoms with Crippen LogP contribution in [0.5, 0.6) is 5.75 Å². The molecular formula is C19H29N3O7S2. The van der Waals surface area contributed by atoms with E-state index < -0.39 is 26.0 Å². The van der Waals surface area contributed by atoms with Crippen LogP contribution in [-0.4, -0.2) is 83.6 Å². The van der Waals surface area contributed by atoms with E-state index in [1.807, 2.05) is 0 Å². The zero-order valence-corrected chi connectivity index (χ0v) is 19.4. The van der Waals surface area contributed by atoms with E-state index in [0.29, 0.717) is 44.9 Å². The first-order valence-corrected chi connectivity index (χ1v) is 13.5. The van der Waals surface area contributed by atoms with Crippen LogP contribution in [0.25, 0.3) is 0 Å². The Hall–Kier alpha value is -1.73. The Morgan fingerprint density at radius 1 is 1.16 bits per heavy atom. The molecule has 1 atom stereocenters. The molecule has 2 aliphatic heterocycles. The minimum Gasteiger partial charge on any atom is -0.492 e. The third kappa shape index (κ3) is 5.75. The summed E-state index contributed by atoms with van der Waals surface area (Å²) in [5.41, 5.74) is 0.316. The number of ether oxygens (including phenoxy) is 2. The van der Waals surface area contributed by atoms with Gasteiger partial charge in [-0.15, -0.1) is 0 Å². The molecule has 1 aromatic rings. The molecule has 2 saturated heterocycles. The number of nitrogens with zero attached hydrogens (tertiary/aromatic N) is 2. The van der Waals surface area contributed by atoms with Gasteiger partial charge < -0.3 is 14.8 Å². The molecule has 1 aromatic carbocycles. The molecule has 0 saturated carbocycles. The molecule has 0 spiro atoms. The van der Waals surface area contributed by atoms with Gasteiger partial charge in [0.15, 0.2) is 0 Å². The molecule has 174 valence electrons. The molecule has 2 aliphatic rings. The summed E-state index contributed by atoms with van der Waals surface area (Å²) >= 11 is 0. The lowest BCUT2D eigenvalue weighted by Crippen LogP contribution is -2.43. The molecule has 0 bridgehead atoms. The maximum Gasteiger partial charge on any atom is 0.246 e. The fraction of sp³-hybridized carbons (Fsp3) is 0.632. The lowest BCUT2D eigenvalue weighted by molar-refractivity contribution is -0.120. The minimum atomic E-state index is -3.84. The Morgan fingerprint density at radius 3 is 2.52 bits per heavy atom. The first-order chi connectivity index (χ1) is 14.6. The van der Waals surface area contributed by atoms with E-state index >= 15 is 0 Å². The second kappa shape index (κ2) is 9.82. The molecule has 12 heteroatoms. The number of hydrogen-bond acceptors (Lipinski definition) is 7. The van der Waals surface area contributed by atoms with E-state index in [9.17, 15) is 21.6 Å². The van der Waals surface area contributed by atoms with Gasteiger partial charge in [0.25, 0.3) is 0 Å². The van der Waals surface area contributed by atoms with Gasteiger partial charge in [-0.05, 0) is 38.0 Å². The van der Waals surface area contributed by atoms with E-state index in [1.54, 1.807) is 13.0 Å². The molecule has 0 aromatic heterocycles. The topological polar surface area (TPSA) is 122 Å². The van der Waals surface area contributed by atoms with E-state index in [0.717, 1.165) is 6.26 Å². The van der Waals surface area contributed by atoms with Crippen molar-refractivity contribution >= 4 is 31.6 Å². The van der Waals surface area contributed by atoms with Gasteiger partial charge in [-0.25, -0.2) is 21.1 Å². The number of amides is 1. The maximum absolute atomic E-state index is 13.2. The van der Waals surface area contributed by atoms with Gasteiger partial charge in [-0.2, -0.15) is 4.31 Å². The molecule has 31 heavy (non-hydrogen) atoms. The Labute approximate surface area is 183 Å². The Morgan fingerprint density at radius 2 is 1.87 bits per heavy atom. The Bertz CT molecular complexity index is 1010. The molecule has 0 radical (unpaired) electrons. The molecule has 10 nitrogen and oxygen atoms in total. The standard InChI is InChI=1S/C19H29N3O7S2/c1-3-29-17-7-6-16(13-18(17)31(26,27)21-9-11-28-12-10-21)20-19(23)15-5-4-8-22(14-15)30(2,24)25/h6-7,13,15H,3-5,8-12,14H2,1-2H3,(H,20,23). The number of sulfonamides is 2. The highest BCUT2D eigenvalue weighted by molar-refractivity contribution is 7.89. The summed E-state index contributed by atoms with van der Waals surface area (Å²) in [6.45, 7) is 3.68. The molecule has 1 N–H and O–H groups in total. The highest BCUT2D eigenvalue weighted by Crippen LogP contribution is 2.31. The lowest BCUT2D eigenvalue weighted by atomic mass is 9.98. The fourth-order valence-electron chi connectivity index (χ4n) is 3.69. The molecule has 3 rings (SSSR count). The number of anilines is 1. The minimum absolute atomic E-state index is 0.0181. The van der Waals surface area contributed by atoms with Crippen LogP contribution in [0.4, 0.5) is 5.69 Å². The van der Waals surface area contributed by atoms with Gasteiger partial charge in [0.2, 0.25) is 26.0 Å². The van der Waals surface area contributed by atoms with Crippen molar-refractivity contribution in [2.45, 2.75) is 24.7 Å². The first kappa shape index (κ1) is 23.9. The first-order valence-electron chi connectivity index (χ1n) is 10.2. The van der Waals surface area contributed by atoms with Gasteiger partial charge in [0, 0.05) is 31.9 Å². The van der Waals surface area contributed by atoms with Crippen molar-refractivity contribution in [3.63, 3.8) is 0 Å². The number of carbonyl (C=O) groups is 1. The number of carbonyl (C=O) groups excluding carboxylic acids is 1. The highest BCUT2D eigenvalue weighted by atomic mass is 32.2. The van der Waals surface area contributed by atoms with Crippen LogP contribution < -0.4 is 10.1 Å². The van der Waals surface area contributed by atoms with Gasteiger partial charge in [0.05, 0.1) is 32.0 Å². The summed E-state index contributed by atoms with van der Waals surface area (Å²) < 4.78 is 63.4. The van der Waals surface area contributed by atoms with Crippen LogP contribution in [0.1, 0.15) is 19.8 Å². The maximum atomic E-state index is 13.2. The Balaban J connectivity index is 1.82. The van der Waals surface area contributed by atoms with Crippen molar-refractivity contribution in [3.05, 3.63) is 18.2 Å². The summed E-state index contributed by atoms with van der Waals surface area (Å²) in [4.78, 5) is 12.8. The van der Waals surface area contributed by atoms with E-state index in [-0.39, 0.29) is 36.2 Å². The zero-order chi connectivity index (χ0) is 22.6. The molecule has 1 amide bonds. The molecular weight excluding hydrogens is 446 g/mol. The number of hydrogen-bond donors (Lipinski definition) is 1. The van der Waals surface area contributed by atoms with Crippen LogP contribution in [0.15, 0.2) is 23.1 Å². The highest BCUT2D eigenvalue weighted by Gasteiger charge is 2.32. The van der Waals surface area contributed by atoms with Crippen LogP contribution in [0, 0.1) is 5.92 Å². The molecule has 1 unspecified atom stereocenters. The van der Waals surface area contributed by atoms with Gasteiger partial charge in [-0.1, -0.05) is 0 Å². The van der Waals surface area contributed by atoms with Gasteiger partial charge >= 0.3 is 0 Å². The van der Waals surface area contributed by atoms with Crippen molar-refractivity contribution in [3.8, 4) is 5.75 Å². The number of morpholine rings is 1. The Kier molecular flexibility index (Phi) is 7.58. The largest absolute Gasteiger partial charge is 0.492 e. The second-order valence-electron chi connectivity index (χ2n) is 7.56. The third-order valence-corrected chi connectivity index (χ3v) is 8.51. The predicted octanol–water partition coefficient (Wildman–Crippen LogP) is 0.716. The van der Waals surface area contributed by atoms with Crippen LogP contribution in [0.3, 0.4) is 0 Å². The van der Waals surface area contributed by atoms with Crippen LogP contribution >= 0.6 is 0 Å². The number of nitrogens with one attached hydrogen (secondary N) is 1. The molecule has 0 aliphatic carbocycles. The lowest BCUT2D eigenvalue weighted by Gasteiger charge is -2.30. The summed E-state index contributed by atoms with van der Waals surface area (Å²) in [5, 5.41) is 2.74. The monoisotopic (exact) mass is 475 g/mol. The number of benzene rings is 1. The average molecular weight is 476 g/mol. The SMILES string of the molecule is CCOc1ccc(NC(=O)C2CCCN(S(C)(=O)=O)C2)cc1S(=O)(=O)N1CCOCC1. The van der Waals surface area contributed by atoms with Crippen molar-refractivity contribution in [1.29, 1.82) is 0 Å². The quantitative estimate of drug-likeness (QED) is 0.616. The predicted molar refractivity (Wildman–Crippen MR) is 115 cm³/mol. The van der Waals surface area contributed by atoms with Crippen molar-refractivity contribution in [1.82, 2.24) is 8.61 Å².